The average molecular weight is 298 g/mol. The fourth-order valence-corrected chi connectivity index (χ4v) is 2.51. The molecule has 3 heteroatoms. The molecule has 0 fully saturated rings. The predicted molar refractivity (Wildman–Crippen MR) is 94.7 cm³/mol. The summed E-state index contributed by atoms with van der Waals surface area (Å²) in [6.45, 7) is 6.37. The molecule has 0 aromatic heterocycles. The van der Waals surface area contributed by atoms with Gasteiger partial charge in [-0.3, -0.25) is 0 Å². The van der Waals surface area contributed by atoms with E-state index in [2.05, 4.69) is 73.9 Å². The maximum Gasteiger partial charge on any atom is 0.171 e. The molecule has 21 heavy (non-hydrogen) atoms. The van der Waals surface area contributed by atoms with E-state index < -0.39 is 0 Å². The summed E-state index contributed by atoms with van der Waals surface area (Å²) in [4.78, 5) is 0. The van der Waals surface area contributed by atoms with Crippen molar-refractivity contribution in [3.63, 3.8) is 0 Å². The lowest BCUT2D eigenvalue weighted by Crippen LogP contribution is -2.32. The highest BCUT2D eigenvalue weighted by atomic mass is 32.1. The first-order valence-electron chi connectivity index (χ1n) is 7.30. The fraction of sp³-hybridized carbons (Fsp3) is 0.278. The number of nitrogens with one attached hydrogen (secondary N) is 2. The molecule has 0 aliphatic rings. The molecule has 110 valence electrons. The minimum Gasteiger partial charge on any atom is -0.356 e. The largest absolute Gasteiger partial charge is 0.356 e. The second-order valence-electron chi connectivity index (χ2n) is 5.27. The van der Waals surface area contributed by atoms with Crippen LogP contribution in [0, 0.1) is 13.8 Å². The molecule has 0 radical (unpaired) electrons. The second-order valence-corrected chi connectivity index (χ2v) is 5.68. The molecule has 0 aliphatic heterocycles. The van der Waals surface area contributed by atoms with Crippen molar-refractivity contribution in [3.8, 4) is 0 Å². The van der Waals surface area contributed by atoms with Crippen molar-refractivity contribution < 1.29 is 0 Å². The molecule has 2 rings (SSSR count). The predicted octanol–water partition coefficient (Wildman–Crippen LogP) is 4.74. The van der Waals surface area contributed by atoms with Crippen molar-refractivity contribution in [1.82, 2.24) is 5.32 Å². The van der Waals surface area contributed by atoms with Crippen molar-refractivity contribution in [3.05, 3.63) is 65.2 Å². The van der Waals surface area contributed by atoms with Crippen molar-refractivity contribution in [1.29, 1.82) is 0 Å². The van der Waals surface area contributed by atoms with E-state index in [1.165, 1.54) is 16.7 Å². The maximum atomic E-state index is 5.43. The number of hydrogen-bond acceptors (Lipinski definition) is 1. The van der Waals surface area contributed by atoms with Gasteiger partial charge in [-0.15, -0.1) is 0 Å². The van der Waals surface area contributed by atoms with Crippen LogP contribution in [-0.4, -0.2) is 5.11 Å². The molecule has 2 nitrogen and oxygen atoms in total. The Hall–Kier alpha value is -1.87. The molecule has 0 bridgehead atoms. The van der Waals surface area contributed by atoms with Crippen LogP contribution < -0.4 is 10.6 Å². The lowest BCUT2D eigenvalue weighted by molar-refractivity contribution is 0.629. The van der Waals surface area contributed by atoms with Gasteiger partial charge in [0, 0.05) is 5.69 Å². The van der Waals surface area contributed by atoms with Crippen LogP contribution in [0.4, 0.5) is 5.69 Å². The van der Waals surface area contributed by atoms with Gasteiger partial charge in [-0.2, -0.15) is 0 Å². The lowest BCUT2D eigenvalue weighted by Gasteiger charge is -2.20. The summed E-state index contributed by atoms with van der Waals surface area (Å²) in [5.74, 6) is 0. The minimum atomic E-state index is 0.234. The van der Waals surface area contributed by atoms with Crippen LogP contribution in [0.15, 0.2) is 48.5 Å². The molecule has 0 amide bonds. The monoisotopic (exact) mass is 298 g/mol. The van der Waals surface area contributed by atoms with Crippen molar-refractivity contribution in [2.75, 3.05) is 5.32 Å². The van der Waals surface area contributed by atoms with Gasteiger partial charge in [0.2, 0.25) is 0 Å². The average Bonchev–Trinajstić information content (AvgIpc) is 2.49. The number of thiocarbonyl (C=S) groups is 1. The highest BCUT2D eigenvalue weighted by Crippen LogP contribution is 2.17. The highest BCUT2D eigenvalue weighted by molar-refractivity contribution is 7.80. The molecule has 0 unspecified atom stereocenters. The summed E-state index contributed by atoms with van der Waals surface area (Å²) < 4.78 is 0. The Bertz CT molecular complexity index is 608. The molecule has 1 atom stereocenters. The van der Waals surface area contributed by atoms with E-state index in [4.69, 9.17) is 12.2 Å². The molecular weight excluding hydrogens is 276 g/mol. The first kappa shape index (κ1) is 15.5. The molecule has 0 spiro atoms. The Morgan fingerprint density at radius 2 is 1.76 bits per heavy atom. The summed E-state index contributed by atoms with van der Waals surface area (Å²) in [5.41, 5.74) is 4.83. The van der Waals surface area contributed by atoms with Gasteiger partial charge in [-0.1, -0.05) is 43.3 Å². The quantitative estimate of drug-likeness (QED) is 0.797. The van der Waals surface area contributed by atoms with Crippen LogP contribution in [0.3, 0.4) is 0 Å². The van der Waals surface area contributed by atoms with Gasteiger partial charge < -0.3 is 10.6 Å². The van der Waals surface area contributed by atoms with Gasteiger partial charge in [-0.05, 0) is 61.3 Å². The zero-order chi connectivity index (χ0) is 15.2. The van der Waals surface area contributed by atoms with E-state index >= 15 is 0 Å². The molecule has 0 saturated carbocycles. The summed E-state index contributed by atoms with van der Waals surface area (Å²) in [6, 6.07) is 16.9. The fourth-order valence-electron chi connectivity index (χ4n) is 2.25. The van der Waals surface area contributed by atoms with E-state index in [0.717, 1.165) is 12.1 Å². The van der Waals surface area contributed by atoms with Crippen LogP contribution in [0.2, 0.25) is 0 Å². The van der Waals surface area contributed by atoms with Gasteiger partial charge in [0.1, 0.15) is 0 Å². The van der Waals surface area contributed by atoms with Crippen LogP contribution in [0.1, 0.15) is 36.1 Å². The molecule has 0 heterocycles. The van der Waals surface area contributed by atoms with Crippen molar-refractivity contribution in [2.24, 2.45) is 0 Å². The first-order valence-corrected chi connectivity index (χ1v) is 7.70. The summed E-state index contributed by atoms with van der Waals surface area (Å²) in [6.07, 6.45) is 0.985. The highest BCUT2D eigenvalue weighted by Gasteiger charge is 2.10. The van der Waals surface area contributed by atoms with Crippen molar-refractivity contribution >= 4 is 23.0 Å². The first-order chi connectivity index (χ1) is 10.1. The number of aryl methyl sites for hydroxylation is 2. The van der Waals surface area contributed by atoms with E-state index in [1.54, 1.807) is 0 Å². The Morgan fingerprint density at radius 1 is 1.05 bits per heavy atom. The maximum absolute atomic E-state index is 5.43. The molecule has 0 saturated heterocycles. The van der Waals surface area contributed by atoms with E-state index in [1.807, 2.05) is 6.07 Å². The van der Waals surface area contributed by atoms with Gasteiger partial charge in [0.25, 0.3) is 0 Å². The Labute approximate surface area is 132 Å². The Balaban J connectivity index is 2.01. The van der Waals surface area contributed by atoms with E-state index in [-0.39, 0.29) is 6.04 Å². The van der Waals surface area contributed by atoms with Gasteiger partial charge in [-0.25, -0.2) is 0 Å². The number of hydrogen-bond donors (Lipinski definition) is 2. The van der Waals surface area contributed by atoms with E-state index in [0.29, 0.717) is 5.11 Å². The van der Waals surface area contributed by atoms with Gasteiger partial charge in [0.15, 0.2) is 5.11 Å². The van der Waals surface area contributed by atoms with Gasteiger partial charge >= 0.3 is 0 Å². The van der Waals surface area contributed by atoms with E-state index in [9.17, 15) is 0 Å². The topological polar surface area (TPSA) is 24.1 Å². The summed E-state index contributed by atoms with van der Waals surface area (Å²) in [5, 5.41) is 7.31. The zero-order valence-corrected chi connectivity index (χ0v) is 13.6. The zero-order valence-electron chi connectivity index (χ0n) is 12.8. The summed E-state index contributed by atoms with van der Waals surface area (Å²) in [7, 11) is 0. The molecule has 0 aliphatic carbocycles. The molecule has 2 N–H and O–H groups in total. The van der Waals surface area contributed by atoms with Crippen molar-refractivity contribution in [2.45, 2.75) is 33.2 Å². The summed E-state index contributed by atoms with van der Waals surface area (Å²) >= 11 is 5.43. The molecule has 2 aromatic rings. The molecule has 2 aromatic carbocycles. The second kappa shape index (κ2) is 7.23. The van der Waals surface area contributed by atoms with Crippen LogP contribution in [-0.2, 0) is 0 Å². The SMILES string of the molecule is CC[C@@H](NC(=S)Nc1ccc(C)c(C)c1)c1ccccc1. The lowest BCUT2D eigenvalue weighted by atomic mass is 10.1. The van der Waals surface area contributed by atoms with Gasteiger partial charge in [0.05, 0.1) is 6.04 Å². The number of anilines is 1. The Morgan fingerprint density at radius 3 is 2.38 bits per heavy atom. The smallest absolute Gasteiger partial charge is 0.171 e. The third-order valence-corrected chi connectivity index (χ3v) is 3.90. The normalized spacial score (nSPS) is 11.8. The minimum absolute atomic E-state index is 0.234. The van der Waals surface area contributed by atoms with Crippen LogP contribution in [0.5, 0.6) is 0 Å². The van der Waals surface area contributed by atoms with Crippen LogP contribution in [0.25, 0.3) is 0 Å². The number of rotatable bonds is 4. The third-order valence-electron chi connectivity index (χ3n) is 3.68. The third kappa shape index (κ3) is 4.30. The van der Waals surface area contributed by atoms with Crippen LogP contribution >= 0.6 is 12.2 Å². The number of benzene rings is 2. The Kier molecular flexibility index (Phi) is 5.34. The standard InChI is InChI=1S/C18H22N2S/c1-4-17(15-8-6-5-7-9-15)20-18(21)19-16-11-10-13(2)14(3)12-16/h5-12,17H,4H2,1-3H3,(H2,19,20,21)/t17-/m1/s1. The molecular formula is C18H22N2S.